The highest BCUT2D eigenvalue weighted by Gasteiger charge is 2.50. The third-order valence-electron chi connectivity index (χ3n) is 5.94. The second-order valence-corrected chi connectivity index (χ2v) is 7.59. The summed E-state index contributed by atoms with van der Waals surface area (Å²) in [5, 5.41) is 0. The van der Waals surface area contributed by atoms with Crippen molar-refractivity contribution in [3.05, 3.63) is 53.7 Å². The summed E-state index contributed by atoms with van der Waals surface area (Å²) in [6.07, 6.45) is 3.10. The zero-order chi connectivity index (χ0) is 19.7. The average Bonchev–Trinajstić information content (AvgIpc) is 3.42. The number of benzene rings is 1. The molecule has 148 valence electrons. The second kappa shape index (κ2) is 7.75. The molecule has 0 aliphatic carbocycles. The second-order valence-electron chi connectivity index (χ2n) is 7.59. The molecule has 2 aliphatic heterocycles. The summed E-state index contributed by atoms with van der Waals surface area (Å²) in [6.45, 7) is 4.39. The highest BCUT2D eigenvalue weighted by Crippen LogP contribution is 2.46. The third-order valence-corrected chi connectivity index (χ3v) is 5.94. The zero-order valence-electron chi connectivity index (χ0n) is 16.2. The monoisotopic (exact) mass is 383 g/mol. The quantitative estimate of drug-likeness (QED) is 0.792. The number of aromatic nitrogens is 1. The molecule has 3 heterocycles. The van der Waals surface area contributed by atoms with Crippen LogP contribution in [0.15, 0.2) is 41.3 Å². The Labute approximate surface area is 164 Å². The maximum atomic E-state index is 12.9. The van der Waals surface area contributed by atoms with E-state index >= 15 is 0 Å². The molecule has 0 saturated carbocycles. The van der Waals surface area contributed by atoms with Gasteiger partial charge in [-0.2, -0.15) is 0 Å². The Balaban J connectivity index is 1.60. The van der Waals surface area contributed by atoms with Crippen molar-refractivity contribution in [1.82, 2.24) is 14.8 Å². The van der Waals surface area contributed by atoms with Gasteiger partial charge in [0.1, 0.15) is 0 Å². The number of methoxy groups -OCH3 is 1. The molecule has 7 nitrogen and oxygen atoms in total. The molecule has 0 bridgehead atoms. The molecule has 2 aromatic rings. The van der Waals surface area contributed by atoms with Crippen LogP contribution in [0.4, 0.5) is 0 Å². The number of aryl methyl sites for hydroxylation is 1. The van der Waals surface area contributed by atoms with Gasteiger partial charge < -0.3 is 19.0 Å². The zero-order valence-corrected chi connectivity index (χ0v) is 16.2. The Hall–Kier alpha value is -2.67. The fourth-order valence-electron chi connectivity index (χ4n) is 4.59. The number of oxazole rings is 1. The summed E-state index contributed by atoms with van der Waals surface area (Å²) in [7, 11) is 1.61. The molecule has 1 aromatic heterocycles. The highest BCUT2D eigenvalue weighted by molar-refractivity contribution is 5.91. The Morgan fingerprint density at radius 1 is 1.25 bits per heavy atom. The van der Waals surface area contributed by atoms with Crippen molar-refractivity contribution < 1.29 is 18.7 Å². The minimum atomic E-state index is -0.132. The van der Waals surface area contributed by atoms with E-state index in [0.717, 1.165) is 11.1 Å². The van der Waals surface area contributed by atoms with Crippen LogP contribution in [-0.2, 0) is 9.53 Å². The summed E-state index contributed by atoms with van der Waals surface area (Å²) in [6, 6.07) is 8.17. The maximum absolute atomic E-state index is 12.9. The number of likely N-dealkylation sites (tertiary alicyclic amines) is 2. The van der Waals surface area contributed by atoms with Crippen molar-refractivity contribution in [1.29, 1.82) is 0 Å². The lowest BCUT2D eigenvalue weighted by Gasteiger charge is -2.31. The Morgan fingerprint density at radius 3 is 2.79 bits per heavy atom. The van der Waals surface area contributed by atoms with Gasteiger partial charge in [0, 0.05) is 38.6 Å². The van der Waals surface area contributed by atoms with Gasteiger partial charge in [0.05, 0.1) is 25.3 Å². The van der Waals surface area contributed by atoms with Gasteiger partial charge in [-0.05, 0) is 18.1 Å². The molecule has 0 radical (unpaired) electrons. The summed E-state index contributed by atoms with van der Waals surface area (Å²) < 4.78 is 10.3. The molecule has 2 aliphatic rings. The Bertz CT molecular complexity index is 851. The lowest BCUT2D eigenvalue weighted by molar-refractivity contribution is -0.133. The molecule has 0 unspecified atom stereocenters. The largest absolute Gasteiger partial charge is 0.438 e. The fraction of sp³-hybridized carbons (Fsp3) is 0.476. The lowest BCUT2D eigenvalue weighted by Crippen LogP contribution is -2.37. The fourth-order valence-corrected chi connectivity index (χ4v) is 4.59. The van der Waals surface area contributed by atoms with Crippen molar-refractivity contribution in [2.75, 3.05) is 33.4 Å². The first-order chi connectivity index (χ1) is 13.6. The standard InChI is InChI=1S/C21H25N3O4/c1-14-5-3-4-6-16(14)20-17-12-23(21(26)18-9-22-13-28-18)10-15(17)11-24(20)19(25)7-8-27-2/h3-6,9,13,15,17,20H,7-8,10-12H2,1-2H3/t15-,17-,20+/m0/s1. The molecule has 3 atom stereocenters. The minimum Gasteiger partial charge on any atom is -0.438 e. The summed E-state index contributed by atoms with van der Waals surface area (Å²) >= 11 is 0. The van der Waals surface area contributed by atoms with E-state index < -0.39 is 0 Å². The van der Waals surface area contributed by atoms with E-state index in [9.17, 15) is 9.59 Å². The number of nitrogens with zero attached hydrogens (tertiary/aromatic N) is 3. The van der Waals surface area contributed by atoms with E-state index in [1.165, 1.54) is 12.6 Å². The average molecular weight is 383 g/mol. The number of hydrogen-bond donors (Lipinski definition) is 0. The molecular weight excluding hydrogens is 358 g/mol. The molecular formula is C21H25N3O4. The van der Waals surface area contributed by atoms with Crippen molar-refractivity contribution in [3.8, 4) is 0 Å². The van der Waals surface area contributed by atoms with E-state index in [4.69, 9.17) is 9.15 Å². The van der Waals surface area contributed by atoms with Gasteiger partial charge in [-0.1, -0.05) is 24.3 Å². The van der Waals surface area contributed by atoms with Gasteiger partial charge in [-0.15, -0.1) is 0 Å². The molecule has 0 spiro atoms. The van der Waals surface area contributed by atoms with Crippen LogP contribution in [0.2, 0.25) is 0 Å². The number of ether oxygens (including phenoxy) is 1. The molecule has 1 aromatic carbocycles. The van der Waals surface area contributed by atoms with E-state index in [1.54, 1.807) is 7.11 Å². The summed E-state index contributed by atoms with van der Waals surface area (Å²) in [5.41, 5.74) is 2.33. The van der Waals surface area contributed by atoms with Crippen LogP contribution in [-0.4, -0.2) is 59.9 Å². The normalized spacial score (nSPS) is 23.9. The van der Waals surface area contributed by atoms with Crippen molar-refractivity contribution >= 4 is 11.8 Å². The first-order valence-electron chi connectivity index (χ1n) is 9.62. The SMILES string of the molecule is COCCC(=O)N1C[C@@H]2CN(C(=O)c3cnco3)C[C@@H]2[C@H]1c1ccccc1C. The van der Waals surface area contributed by atoms with Crippen molar-refractivity contribution in [2.45, 2.75) is 19.4 Å². The van der Waals surface area contributed by atoms with E-state index in [-0.39, 0.29) is 35.5 Å². The molecule has 2 saturated heterocycles. The Kier molecular flexibility index (Phi) is 5.17. The molecule has 2 fully saturated rings. The van der Waals surface area contributed by atoms with Crippen molar-refractivity contribution in [2.24, 2.45) is 11.8 Å². The summed E-state index contributed by atoms with van der Waals surface area (Å²) in [4.78, 5) is 33.2. The van der Waals surface area contributed by atoms with Crippen molar-refractivity contribution in [3.63, 3.8) is 0 Å². The van der Waals surface area contributed by atoms with E-state index in [0.29, 0.717) is 32.7 Å². The predicted molar refractivity (Wildman–Crippen MR) is 102 cm³/mol. The Morgan fingerprint density at radius 2 is 2.07 bits per heavy atom. The van der Waals surface area contributed by atoms with Gasteiger partial charge in [0.2, 0.25) is 11.7 Å². The number of hydrogen-bond acceptors (Lipinski definition) is 5. The van der Waals surface area contributed by atoms with Crippen LogP contribution in [0.1, 0.15) is 34.1 Å². The van der Waals surface area contributed by atoms with Gasteiger partial charge in [-0.25, -0.2) is 4.98 Å². The van der Waals surface area contributed by atoms with Crippen LogP contribution in [0.5, 0.6) is 0 Å². The van der Waals surface area contributed by atoms with Crippen LogP contribution in [0, 0.1) is 18.8 Å². The topological polar surface area (TPSA) is 75.9 Å². The third kappa shape index (κ3) is 3.30. The molecule has 28 heavy (non-hydrogen) atoms. The van der Waals surface area contributed by atoms with Gasteiger partial charge in [-0.3, -0.25) is 9.59 Å². The number of carbonyl (C=O) groups is 2. The molecule has 7 heteroatoms. The van der Waals surface area contributed by atoms with Crippen LogP contribution < -0.4 is 0 Å². The van der Waals surface area contributed by atoms with E-state index in [2.05, 4.69) is 24.0 Å². The van der Waals surface area contributed by atoms with Gasteiger partial charge >= 0.3 is 0 Å². The summed E-state index contributed by atoms with van der Waals surface area (Å²) in [5.74, 6) is 0.702. The van der Waals surface area contributed by atoms with Crippen LogP contribution in [0.25, 0.3) is 0 Å². The molecule has 0 N–H and O–H groups in total. The maximum Gasteiger partial charge on any atom is 0.291 e. The lowest BCUT2D eigenvalue weighted by atomic mass is 9.87. The predicted octanol–water partition coefficient (Wildman–Crippen LogP) is 2.29. The number of fused-ring (bicyclic) bond motifs is 1. The smallest absolute Gasteiger partial charge is 0.291 e. The first-order valence-corrected chi connectivity index (χ1v) is 9.62. The van der Waals surface area contributed by atoms with E-state index in [1.807, 2.05) is 21.9 Å². The molecule has 4 rings (SSSR count). The highest BCUT2D eigenvalue weighted by atomic mass is 16.5. The van der Waals surface area contributed by atoms with Crippen LogP contribution in [0.3, 0.4) is 0 Å². The van der Waals surface area contributed by atoms with Crippen LogP contribution >= 0.6 is 0 Å². The first kappa shape index (κ1) is 18.7. The van der Waals surface area contributed by atoms with Gasteiger partial charge in [0.15, 0.2) is 6.39 Å². The minimum absolute atomic E-state index is 0.0249. The molecule has 2 amide bonds. The number of rotatable bonds is 5. The van der Waals surface area contributed by atoms with Gasteiger partial charge in [0.25, 0.3) is 5.91 Å². The number of amides is 2. The number of carbonyl (C=O) groups excluding carboxylic acids is 2.